The normalized spacial score (nSPS) is 15.1. The predicted octanol–water partition coefficient (Wildman–Crippen LogP) is 1.44. The lowest BCUT2D eigenvalue weighted by Crippen LogP contribution is -2.48. The highest BCUT2D eigenvalue weighted by atomic mass is 16.1. The molecule has 7 nitrogen and oxygen atoms in total. The monoisotopic (exact) mass is 346 g/mol. The van der Waals surface area contributed by atoms with Gasteiger partial charge in [-0.3, -0.25) is 9.69 Å². The number of aromatic nitrogens is 3. The van der Waals surface area contributed by atoms with E-state index >= 15 is 0 Å². The summed E-state index contributed by atoms with van der Waals surface area (Å²) in [6.45, 7) is 3.68. The summed E-state index contributed by atoms with van der Waals surface area (Å²) in [7, 11) is 0. The number of anilines is 1. The number of hydrogen-bond donors (Lipinski definition) is 0. The summed E-state index contributed by atoms with van der Waals surface area (Å²) in [5, 5.41) is 14.9. The summed E-state index contributed by atoms with van der Waals surface area (Å²) < 4.78 is 1.52. The number of hydrogen-bond acceptors (Lipinski definition) is 6. The van der Waals surface area contributed by atoms with E-state index in [2.05, 4.69) is 26.0 Å². The third-order valence-electron chi connectivity index (χ3n) is 4.67. The summed E-state index contributed by atoms with van der Waals surface area (Å²) in [5.74, 6) is 0.824. The van der Waals surface area contributed by atoms with Gasteiger partial charge in [0.25, 0.3) is 5.56 Å². The average Bonchev–Trinajstić information content (AvgIpc) is 2.71. The number of nitrogens with zero attached hydrogens (tertiary/aromatic N) is 6. The van der Waals surface area contributed by atoms with Gasteiger partial charge < -0.3 is 4.90 Å². The molecule has 1 aliphatic heterocycles. The molecule has 0 saturated carbocycles. The predicted molar refractivity (Wildman–Crippen MR) is 98.7 cm³/mol. The fraction of sp³-hybridized carbons (Fsp3) is 0.263. The van der Waals surface area contributed by atoms with E-state index in [-0.39, 0.29) is 5.56 Å². The maximum absolute atomic E-state index is 12.6. The number of rotatable bonds is 3. The molecule has 1 aromatic carbocycles. The Morgan fingerprint density at radius 3 is 2.73 bits per heavy atom. The van der Waals surface area contributed by atoms with E-state index in [1.54, 1.807) is 18.5 Å². The van der Waals surface area contributed by atoms with Crippen LogP contribution in [0.2, 0.25) is 0 Å². The average molecular weight is 346 g/mol. The third-order valence-corrected chi connectivity index (χ3v) is 4.67. The molecular weight excluding hydrogens is 328 g/mol. The van der Waals surface area contributed by atoms with E-state index in [0.717, 1.165) is 37.4 Å². The Bertz CT molecular complexity index is 1030. The van der Waals surface area contributed by atoms with Gasteiger partial charge in [-0.2, -0.15) is 10.4 Å². The molecule has 0 amide bonds. The topological polar surface area (TPSA) is 78.1 Å². The SMILES string of the molecule is N#Cc1ccnc(N2CCN(Cn3ncc4ccccc4c3=O)CC2)c1. The lowest BCUT2D eigenvalue weighted by molar-refractivity contribution is 0.192. The van der Waals surface area contributed by atoms with Gasteiger partial charge in [-0.25, -0.2) is 9.67 Å². The van der Waals surface area contributed by atoms with Crippen LogP contribution in [0.1, 0.15) is 5.56 Å². The highest BCUT2D eigenvalue weighted by Gasteiger charge is 2.19. The van der Waals surface area contributed by atoms with Crippen LogP contribution in [0.25, 0.3) is 10.8 Å². The summed E-state index contributed by atoms with van der Waals surface area (Å²) in [5.41, 5.74) is 0.554. The Morgan fingerprint density at radius 1 is 1.12 bits per heavy atom. The van der Waals surface area contributed by atoms with Gasteiger partial charge >= 0.3 is 0 Å². The fourth-order valence-corrected chi connectivity index (χ4v) is 3.20. The van der Waals surface area contributed by atoms with Gasteiger partial charge in [0.15, 0.2) is 0 Å². The van der Waals surface area contributed by atoms with Crippen molar-refractivity contribution in [3.05, 3.63) is 64.7 Å². The molecular formula is C19H18N6O. The summed E-state index contributed by atoms with van der Waals surface area (Å²) in [4.78, 5) is 21.3. The zero-order chi connectivity index (χ0) is 17.9. The Labute approximate surface area is 150 Å². The molecule has 1 fully saturated rings. The number of nitriles is 1. The molecule has 0 atom stereocenters. The molecule has 130 valence electrons. The molecule has 2 aromatic heterocycles. The zero-order valence-corrected chi connectivity index (χ0v) is 14.2. The van der Waals surface area contributed by atoms with Gasteiger partial charge in [-0.15, -0.1) is 0 Å². The standard InChI is InChI=1S/C19H18N6O/c20-12-15-5-6-21-18(11-15)24-9-7-23(8-10-24)14-25-19(26)17-4-2-1-3-16(17)13-22-25/h1-6,11,13H,7-10,14H2. The van der Waals surface area contributed by atoms with Gasteiger partial charge in [0.1, 0.15) is 5.82 Å². The maximum Gasteiger partial charge on any atom is 0.275 e. The lowest BCUT2D eigenvalue weighted by atomic mass is 10.2. The van der Waals surface area contributed by atoms with Crippen LogP contribution >= 0.6 is 0 Å². The van der Waals surface area contributed by atoms with E-state index in [9.17, 15) is 4.79 Å². The summed E-state index contributed by atoms with van der Waals surface area (Å²) in [6, 6.07) is 13.2. The molecule has 3 aromatic rings. The number of pyridine rings is 1. The van der Waals surface area contributed by atoms with Crippen molar-refractivity contribution in [2.75, 3.05) is 31.1 Å². The van der Waals surface area contributed by atoms with E-state index in [1.165, 1.54) is 4.68 Å². The second-order valence-corrected chi connectivity index (χ2v) is 6.30. The molecule has 0 bridgehead atoms. The van der Waals surface area contributed by atoms with Gasteiger partial charge in [-0.1, -0.05) is 18.2 Å². The van der Waals surface area contributed by atoms with Crippen molar-refractivity contribution in [1.29, 1.82) is 5.26 Å². The quantitative estimate of drug-likeness (QED) is 0.714. The molecule has 26 heavy (non-hydrogen) atoms. The van der Waals surface area contributed by atoms with Crippen LogP contribution in [0.5, 0.6) is 0 Å². The first kappa shape index (κ1) is 16.2. The third kappa shape index (κ3) is 3.15. The van der Waals surface area contributed by atoms with Gasteiger partial charge in [0.05, 0.1) is 29.9 Å². The van der Waals surface area contributed by atoms with Crippen molar-refractivity contribution in [1.82, 2.24) is 19.7 Å². The molecule has 0 spiro atoms. The van der Waals surface area contributed by atoms with Crippen molar-refractivity contribution in [2.45, 2.75) is 6.67 Å². The van der Waals surface area contributed by atoms with E-state index < -0.39 is 0 Å². The molecule has 1 saturated heterocycles. The summed E-state index contributed by atoms with van der Waals surface area (Å²) >= 11 is 0. The Balaban J connectivity index is 1.45. The number of benzene rings is 1. The van der Waals surface area contributed by atoms with Crippen LogP contribution in [0.4, 0.5) is 5.82 Å². The van der Waals surface area contributed by atoms with Crippen molar-refractivity contribution >= 4 is 16.6 Å². The van der Waals surface area contributed by atoms with Crippen LogP contribution in [0.15, 0.2) is 53.6 Å². The summed E-state index contributed by atoms with van der Waals surface area (Å²) in [6.07, 6.45) is 3.41. The van der Waals surface area contributed by atoms with E-state index in [0.29, 0.717) is 17.6 Å². The first-order valence-electron chi connectivity index (χ1n) is 8.53. The minimum Gasteiger partial charge on any atom is -0.354 e. The molecule has 0 unspecified atom stereocenters. The molecule has 1 aliphatic rings. The smallest absolute Gasteiger partial charge is 0.275 e. The van der Waals surface area contributed by atoms with E-state index in [1.807, 2.05) is 30.3 Å². The maximum atomic E-state index is 12.6. The molecule has 7 heteroatoms. The number of fused-ring (bicyclic) bond motifs is 1. The molecule has 0 radical (unpaired) electrons. The second-order valence-electron chi connectivity index (χ2n) is 6.30. The highest BCUT2D eigenvalue weighted by molar-refractivity contribution is 5.80. The first-order chi connectivity index (χ1) is 12.7. The molecule has 4 rings (SSSR count). The Hall–Kier alpha value is -3.24. The van der Waals surface area contributed by atoms with Gasteiger partial charge in [0.2, 0.25) is 0 Å². The highest BCUT2D eigenvalue weighted by Crippen LogP contribution is 2.15. The molecule has 0 aliphatic carbocycles. The van der Waals surface area contributed by atoms with Crippen molar-refractivity contribution in [2.24, 2.45) is 0 Å². The van der Waals surface area contributed by atoms with Crippen molar-refractivity contribution in [3.8, 4) is 6.07 Å². The largest absolute Gasteiger partial charge is 0.354 e. The van der Waals surface area contributed by atoms with Crippen molar-refractivity contribution in [3.63, 3.8) is 0 Å². The van der Waals surface area contributed by atoms with Crippen LogP contribution in [0.3, 0.4) is 0 Å². The Kier molecular flexibility index (Phi) is 4.33. The first-order valence-corrected chi connectivity index (χ1v) is 8.53. The number of piperazine rings is 1. The van der Waals surface area contributed by atoms with Crippen LogP contribution in [0, 0.1) is 11.3 Å². The zero-order valence-electron chi connectivity index (χ0n) is 14.2. The van der Waals surface area contributed by atoms with Gasteiger partial charge in [0, 0.05) is 37.8 Å². The minimum absolute atomic E-state index is 0.0612. The van der Waals surface area contributed by atoms with Crippen molar-refractivity contribution < 1.29 is 0 Å². The minimum atomic E-state index is -0.0612. The lowest BCUT2D eigenvalue weighted by Gasteiger charge is -2.35. The van der Waals surface area contributed by atoms with Gasteiger partial charge in [-0.05, 0) is 18.2 Å². The fourth-order valence-electron chi connectivity index (χ4n) is 3.20. The molecule has 3 heterocycles. The van der Waals surface area contributed by atoms with Crippen LogP contribution < -0.4 is 10.5 Å². The van der Waals surface area contributed by atoms with E-state index in [4.69, 9.17) is 5.26 Å². The van der Waals surface area contributed by atoms with Crippen LogP contribution in [-0.2, 0) is 6.67 Å². The molecule has 0 N–H and O–H groups in total. The van der Waals surface area contributed by atoms with Crippen LogP contribution in [-0.4, -0.2) is 45.8 Å². The second kappa shape index (κ2) is 6.94. The Morgan fingerprint density at radius 2 is 1.92 bits per heavy atom.